The number of hydrogen-bond acceptors (Lipinski definition) is 4. The zero-order valence-electron chi connectivity index (χ0n) is 12.3. The Morgan fingerprint density at radius 3 is 2.48 bits per heavy atom. The van der Waals surface area contributed by atoms with Crippen LogP contribution >= 0.6 is 22.9 Å². The third-order valence-electron chi connectivity index (χ3n) is 2.81. The molecule has 2 aromatic rings. The number of nitrogens with zero attached hydrogens (tertiary/aromatic N) is 1. The molecule has 0 aliphatic rings. The van der Waals surface area contributed by atoms with Gasteiger partial charge in [-0.15, -0.1) is 11.3 Å². The Morgan fingerprint density at radius 1 is 1.29 bits per heavy atom. The smallest absolute Gasteiger partial charge is 0.255 e. The van der Waals surface area contributed by atoms with Gasteiger partial charge in [0.2, 0.25) is 0 Å². The highest BCUT2D eigenvalue weighted by molar-refractivity contribution is 7.93. The molecule has 0 radical (unpaired) electrons. The van der Waals surface area contributed by atoms with Gasteiger partial charge in [-0.25, -0.2) is 13.4 Å². The lowest BCUT2D eigenvalue weighted by Crippen LogP contribution is -2.12. The van der Waals surface area contributed by atoms with Crippen molar-refractivity contribution in [3.05, 3.63) is 39.9 Å². The highest BCUT2D eigenvalue weighted by atomic mass is 35.5. The highest BCUT2D eigenvalue weighted by Gasteiger charge is 2.23. The fraction of sp³-hybridized carbons (Fsp3) is 0.357. The Bertz CT molecular complexity index is 762. The molecular weight excluding hydrogens is 328 g/mol. The summed E-state index contributed by atoms with van der Waals surface area (Å²) >= 11 is 7.20. The van der Waals surface area contributed by atoms with Crippen molar-refractivity contribution in [1.29, 1.82) is 0 Å². The van der Waals surface area contributed by atoms with Gasteiger partial charge in [0.05, 0.1) is 10.6 Å². The van der Waals surface area contributed by atoms with E-state index in [1.165, 1.54) is 23.5 Å². The number of aryl methyl sites for hydroxylation is 1. The Balaban J connectivity index is 2.34. The van der Waals surface area contributed by atoms with E-state index < -0.39 is 10.0 Å². The van der Waals surface area contributed by atoms with Gasteiger partial charge in [0.1, 0.15) is 0 Å². The van der Waals surface area contributed by atoms with Gasteiger partial charge in [-0.3, -0.25) is 4.72 Å². The summed E-state index contributed by atoms with van der Waals surface area (Å²) in [4.78, 5) is 5.49. The molecule has 1 aromatic carbocycles. The fourth-order valence-corrected chi connectivity index (χ4v) is 4.50. The molecule has 7 heteroatoms. The van der Waals surface area contributed by atoms with Crippen molar-refractivity contribution >= 4 is 38.1 Å². The van der Waals surface area contributed by atoms with Crippen LogP contribution in [0.15, 0.2) is 29.2 Å². The van der Waals surface area contributed by atoms with E-state index in [9.17, 15) is 8.42 Å². The second-order valence-corrected chi connectivity index (χ2v) is 8.86. The average molecular weight is 345 g/mol. The van der Waals surface area contributed by atoms with Crippen LogP contribution in [0.5, 0.6) is 0 Å². The van der Waals surface area contributed by atoms with Crippen LogP contribution in [-0.2, 0) is 15.4 Å². The Labute approximate surface area is 134 Å². The number of anilines is 1. The van der Waals surface area contributed by atoms with E-state index in [4.69, 9.17) is 11.6 Å². The molecule has 0 unspecified atom stereocenters. The van der Waals surface area contributed by atoms with Gasteiger partial charge in [-0.2, -0.15) is 0 Å². The van der Waals surface area contributed by atoms with E-state index in [1.807, 2.05) is 6.92 Å². The molecule has 0 fully saturated rings. The first-order valence-corrected chi connectivity index (χ1v) is 9.04. The molecule has 0 amide bonds. The zero-order valence-corrected chi connectivity index (χ0v) is 14.7. The average Bonchev–Trinajstić information content (AvgIpc) is 2.69. The van der Waals surface area contributed by atoms with Crippen molar-refractivity contribution in [2.24, 2.45) is 0 Å². The second-order valence-electron chi connectivity index (χ2n) is 5.75. The van der Waals surface area contributed by atoms with Crippen molar-refractivity contribution < 1.29 is 8.42 Å². The van der Waals surface area contributed by atoms with Crippen molar-refractivity contribution in [2.75, 3.05) is 4.72 Å². The van der Waals surface area contributed by atoms with Gasteiger partial charge in [0, 0.05) is 9.90 Å². The Hall–Kier alpha value is -1.11. The summed E-state index contributed by atoms with van der Waals surface area (Å²) < 4.78 is 27.2. The van der Waals surface area contributed by atoms with Crippen molar-refractivity contribution in [2.45, 2.75) is 38.0 Å². The maximum Gasteiger partial charge on any atom is 0.263 e. The van der Waals surface area contributed by atoms with Crippen LogP contribution in [0.3, 0.4) is 0 Å². The van der Waals surface area contributed by atoms with Crippen LogP contribution in [0.2, 0.25) is 5.02 Å². The summed E-state index contributed by atoms with van der Waals surface area (Å²) in [5, 5.41) is 0.751. The minimum Gasteiger partial charge on any atom is -0.255 e. The predicted octanol–water partition coefficient (Wildman–Crippen LogP) is 4.20. The number of thiazole rings is 1. The van der Waals surface area contributed by atoms with Crippen LogP contribution in [0.1, 0.15) is 31.3 Å². The minimum atomic E-state index is -3.67. The van der Waals surface area contributed by atoms with E-state index >= 15 is 0 Å². The lowest BCUT2D eigenvalue weighted by molar-refractivity contribution is 0.598. The fourth-order valence-electron chi connectivity index (χ4n) is 1.94. The summed E-state index contributed by atoms with van der Waals surface area (Å²) in [7, 11) is -3.67. The minimum absolute atomic E-state index is 0.0680. The van der Waals surface area contributed by atoms with Crippen LogP contribution in [-0.4, -0.2) is 13.4 Å². The highest BCUT2D eigenvalue weighted by Crippen LogP contribution is 2.34. The molecule has 0 aliphatic carbocycles. The molecule has 0 atom stereocenters. The molecule has 0 bridgehead atoms. The number of halogens is 1. The van der Waals surface area contributed by atoms with E-state index in [1.54, 1.807) is 12.1 Å². The molecule has 0 spiro atoms. The van der Waals surface area contributed by atoms with Crippen LogP contribution in [0.25, 0.3) is 0 Å². The Morgan fingerprint density at radius 2 is 1.95 bits per heavy atom. The van der Waals surface area contributed by atoms with E-state index in [-0.39, 0.29) is 10.3 Å². The molecule has 0 aliphatic heterocycles. The molecule has 0 saturated carbocycles. The van der Waals surface area contributed by atoms with Crippen molar-refractivity contribution in [3.8, 4) is 0 Å². The lowest BCUT2D eigenvalue weighted by Gasteiger charge is -2.16. The van der Waals surface area contributed by atoms with Crippen LogP contribution in [0, 0.1) is 6.92 Å². The molecule has 4 nitrogen and oxygen atoms in total. The zero-order chi connectivity index (χ0) is 15.8. The van der Waals surface area contributed by atoms with Crippen LogP contribution in [0.4, 0.5) is 5.13 Å². The summed E-state index contributed by atoms with van der Waals surface area (Å²) in [5.74, 6) is 0. The molecule has 1 heterocycles. The molecular formula is C14H17ClN2O2S2. The summed E-state index contributed by atoms with van der Waals surface area (Å²) in [5.41, 5.74) is 0.776. The maximum absolute atomic E-state index is 12.3. The third-order valence-corrected chi connectivity index (χ3v) is 6.01. The number of nitrogens with one attached hydrogen (secondary N) is 1. The topological polar surface area (TPSA) is 59.1 Å². The monoisotopic (exact) mass is 344 g/mol. The number of sulfonamides is 1. The number of rotatable bonds is 3. The third kappa shape index (κ3) is 3.75. The predicted molar refractivity (Wildman–Crippen MR) is 87.8 cm³/mol. The van der Waals surface area contributed by atoms with Crippen molar-refractivity contribution in [3.63, 3.8) is 0 Å². The standard InChI is InChI=1S/C14H17ClN2O2S2/c1-9-12(14(2,3)4)20-13(16-9)17-21(18,19)11-7-5-6-10(15)8-11/h5-8H,1-4H3,(H,16,17). The summed E-state index contributed by atoms with van der Waals surface area (Å²) in [6.45, 7) is 8.10. The largest absolute Gasteiger partial charge is 0.263 e. The van der Waals surface area contributed by atoms with Crippen LogP contribution < -0.4 is 4.72 Å². The van der Waals surface area contributed by atoms with Crippen molar-refractivity contribution in [1.82, 2.24) is 4.98 Å². The first-order chi connectivity index (χ1) is 9.59. The molecule has 0 saturated heterocycles. The van der Waals surface area contributed by atoms with Gasteiger partial charge >= 0.3 is 0 Å². The molecule has 1 N–H and O–H groups in total. The van der Waals surface area contributed by atoms with E-state index in [0.717, 1.165) is 10.6 Å². The SMILES string of the molecule is Cc1nc(NS(=O)(=O)c2cccc(Cl)c2)sc1C(C)(C)C. The number of benzene rings is 1. The van der Waals surface area contributed by atoms with Gasteiger partial charge < -0.3 is 0 Å². The first kappa shape index (κ1) is 16.3. The van der Waals surface area contributed by atoms with Gasteiger partial charge in [-0.1, -0.05) is 38.4 Å². The van der Waals surface area contributed by atoms with Gasteiger partial charge in [0.25, 0.3) is 10.0 Å². The molecule has 1 aromatic heterocycles. The van der Waals surface area contributed by atoms with Gasteiger partial charge in [-0.05, 0) is 30.5 Å². The quantitative estimate of drug-likeness (QED) is 0.907. The summed E-state index contributed by atoms with van der Waals surface area (Å²) in [6.07, 6.45) is 0. The normalized spacial score (nSPS) is 12.4. The maximum atomic E-state index is 12.3. The first-order valence-electron chi connectivity index (χ1n) is 6.36. The number of aromatic nitrogens is 1. The van der Waals surface area contributed by atoms with Gasteiger partial charge in [0.15, 0.2) is 5.13 Å². The number of hydrogen-bond donors (Lipinski definition) is 1. The molecule has 2 rings (SSSR count). The Kier molecular flexibility index (Phi) is 4.33. The summed E-state index contributed by atoms with van der Waals surface area (Å²) in [6, 6.07) is 6.14. The van der Waals surface area contributed by atoms with E-state index in [2.05, 4.69) is 30.5 Å². The lowest BCUT2D eigenvalue weighted by atomic mass is 9.94. The molecule has 114 valence electrons. The second kappa shape index (κ2) is 5.59. The van der Waals surface area contributed by atoms with E-state index in [0.29, 0.717) is 10.2 Å². The molecule has 21 heavy (non-hydrogen) atoms.